The van der Waals surface area contributed by atoms with Crippen molar-refractivity contribution in [2.24, 2.45) is 5.92 Å². The Morgan fingerprint density at radius 3 is 2.09 bits per heavy atom. The highest BCUT2D eigenvalue weighted by Gasteiger charge is 2.10. The molecule has 0 heterocycles. The minimum atomic E-state index is 0.418. The van der Waals surface area contributed by atoms with E-state index < -0.39 is 0 Å². The molecule has 0 rings (SSSR count). The topological polar surface area (TPSA) is 0 Å². The van der Waals surface area contributed by atoms with Crippen molar-refractivity contribution in [1.82, 2.24) is 0 Å². The van der Waals surface area contributed by atoms with E-state index >= 15 is 0 Å². The molecule has 0 amide bonds. The average molecular weight is 192 g/mol. The summed E-state index contributed by atoms with van der Waals surface area (Å²) in [6, 6.07) is 0. The van der Waals surface area contributed by atoms with Gasteiger partial charge in [0.05, 0.1) is 0 Å². The molecule has 0 aliphatic carbocycles. The lowest BCUT2D eigenvalue weighted by Gasteiger charge is -2.16. The Bertz CT molecular complexity index is 92.2. The standard InChI is InChI=1S/C9H20S2/c1-8(2)6-7-10-11-9(3,4)5/h8H,6-7H2,1-5H3. The van der Waals surface area contributed by atoms with Crippen molar-refractivity contribution < 1.29 is 0 Å². The molecule has 68 valence electrons. The summed E-state index contributed by atoms with van der Waals surface area (Å²) in [7, 11) is 4.00. The Kier molecular flexibility index (Phi) is 5.71. The third-order valence-corrected chi connectivity index (χ3v) is 4.46. The van der Waals surface area contributed by atoms with Crippen LogP contribution in [0.5, 0.6) is 0 Å². The molecule has 0 spiro atoms. The second kappa shape index (κ2) is 5.36. The maximum atomic E-state index is 2.28. The lowest BCUT2D eigenvalue weighted by molar-refractivity contribution is 0.633. The predicted molar refractivity (Wildman–Crippen MR) is 59.3 cm³/mol. The lowest BCUT2D eigenvalue weighted by Crippen LogP contribution is -2.04. The van der Waals surface area contributed by atoms with E-state index in [9.17, 15) is 0 Å². The van der Waals surface area contributed by atoms with E-state index in [-0.39, 0.29) is 0 Å². The van der Waals surface area contributed by atoms with Crippen LogP contribution in [0.15, 0.2) is 0 Å². The fraction of sp³-hybridized carbons (Fsp3) is 1.00. The summed E-state index contributed by atoms with van der Waals surface area (Å²) in [6.45, 7) is 11.4. The van der Waals surface area contributed by atoms with Crippen LogP contribution in [0.3, 0.4) is 0 Å². The van der Waals surface area contributed by atoms with Crippen LogP contribution in [0.4, 0.5) is 0 Å². The molecule has 0 aliphatic rings. The largest absolute Gasteiger partial charge is 0.0936 e. The van der Waals surface area contributed by atoms with Crippen LogP contribution in [0, 0.1) is 5.92 Å². The lowest BCUT2D eigenvalue weighted by atomic mass is 10.2. The van der Waals surface area contributed by atoms with Crippen molar-refractivity contribution in [3.8, 4) is 0 Å². The third-order valence-electron chi connectivity index (χ3n) is 1.09. The minimum absolute atomic E-state index is 0.418. The van der Waals surface area contributed by atoms with Crippen molar-refractivity contribution in [3.05, 3.63) is 0 Å². The van der Waals surface area contributed by atoms with Gasteiger partial charge in [-0.15, -0.1) is 0 Å². The van der Waals surface area contributed by atoms with Gasteiger partial charge in [-0.05, 0) is 12.3 Å². The fourth-order valence-electron chi connectivity index (χ4n) is 0.502. The molecular weight excluding hydrogens is 172 g/mol. The van der Waals surface area contributed by atoms with Gasteiger partial charge in [0.1, 0.15) is 0 Å². The predicted octanol–water partition coefficient (Wildman–Crippen LogP) is 4.21. The summed E-state index contributed by atoms with van der Waals surface area (Å²) in [6.07, 6.45) is 1.34. The average Bonchev–Trinajstić information content (AvgIpc) is 1.78. The highest BCUT2D eigenvalue weighted by Crippen LogP contribution is 2.35. The highest BCUT2D eigenvalue weighted by molar-refractivity contribution is 8.77. The van der Waals surface area contributed by atoms with Crippen molar-refractivity contribution in [2.45, 2.75) is 45.8 Å². The molecule has 0 fully saturated rings. The number of hydrogen-bond acceptors (Lipinski definition) is 2. The van der Waals surface area contributed by atoms with Gasteiger partial charge in [0.25, 0.3) is 0 Å². The van der Waals surface area contributed by atoms with E-state index in [4.69, 9.17) is 0 Å². The van der Waals surface area contributed by atoms with Gasteiger partial charge >= 0.3 is 0 Å². The molecule has 0 aromatic rings. The van der Waals surface area contributed by atoms with Gasteiger partial charge in [0, 0.05) is 10.5 Å². The van der Waals surface area contributed by atoms with E-state index in [1.165, 1.54) is 12.2 Å². The molecule has 0 bridgehead atoms. The molecule has 0 saturated heterocycles. The molecule has 0 unspecified atom stereocenters. The normalized spacial score (nSPS) is 12.5. The van der Waals surface area contributed by atoms with Gasteiger partial charge in [-0.2, -0.15) is 0 Å². The quantitative estimate of drug-likeness (QED) is 0.483. The summed E-state index contributed by atoms with van der Waals surface area (Å²) in [5.74, 6) is 2.14. The molecule has 0 saturated carbocycles. The van der Waals surface area contributed by atoms with Gasteiger partial charge in [-0.3, -0.25) is 0 Å². The molecule has 2 heteroatoms. The monoisotopic (exact) mass is 192 g/mol. The van der Waals surface area contributed by atoms with Crippen LogP contribution in [0.1, 0.15) is 41.0 Å². The number of hydrogen-bond donors (Lipinski definition) is 0. The maximum absolute atomic E-state index is 2.28. The molecule has 0 atom stereocenters. The zero-order valence-corrected chi connectivity index (χ0v) is 9.94. The first-order valence-corrected chi connectivity index (χ1v) is 6.54. The SMILES string of the molecule is CC(C)CCSSC(C)(C)C. The van der Waals surface area contributed by atoms with Gasteiger partial charge in [0.15, 0.2) is 0 Å². The van der Waals surface area contributed by atoms with Crippen LogP contribution < -0.4 is 0 Å². The van der Waals surface area contributed by atoms with Crippen molar-refractivity contribution >= 4 is 21.6 Å². The van der Waals surface area contributed by atoms with Crippen LogP contribution >= 0.6 is 21.6 Å². The van der Waals surface area contributed by atoms with E-state index in [1.807, 2.05) is 21.6 Å². The maximum Gasteiger partial charge on any atom is 0.0179 e. The van der Waals surface area contributed by atoms with Gasteiger partial charge in [0.2, 0.25) is 0 Å². The van der Waals surface area contributed by atoms with Crippen molar-refractivity contribution in [1.29, 1.82) is 0 Å². The highest BCUT2D eigenvalue weighted by atomic mass is 33.1. The number of rotatable bonds is 4. The van der Waals surface area contributed by atoms with Crippen LogP contribution in [-0.4, -0.2) is 10.5 Å². The Morgan fingerprint density at radius 2 is 1.73 bits per heavy atom. The molecule has 0 aromatic carbocycles. The van der Waals surface area contributed by atoms with E-state index in [2.05, 4.69) is 34.6 Å². The summed E-state index contributed by atoms with van der Waals surface area (Å²) in [4.78, 5) is 0. The second-order valence-corrected chi connectivity index (χ2v) is 7.44. The Labute approximate surface area is 79.3 Å². The zero-order valence-electron chi connectivity index (χ0n) is 8.31. The Morgan fingerprint density at radius 1 is 1.18 bits per heavy atom. The summed E-state index contributed by atoms with van der Waals surface area (Å²) in [5, 5.41) is 0. The minimum Gasteiger partial charge on any atom is -0.0936 e. The van der Waals surface area contributed by atoms with E-state index in [1.54, 1.807) is 0 Å². The van der Waals surface area contributed by atoms with Crippen LogP contribution in [-0.2, 0) is 0 Å². The summed E-state index contributed by atoms with van der Waals surface area (Å²) in [5.41, 5.74) is 0. The Hall–Kier alpha value is 0.700. The first-order chi connectivity index (χ1) is 4.92. The van der Waals surface area contributed by atoms with E-state index in [0.717, 1.165) is 5.92 Å². The van der Waals surface area contributed by atoms with Crippen LogP contribution in [0.2, 0.25) is 0 Å². The smallest absolute Gasteiger partial charge is 0.0179 e. The molecule has 0 N–H and O–H groups in total. The molecule has 11 heavy (non-hydrogen) atoms. The van der Waals surface area contributed by atoms with Gasteiger partial charge in [-0.25, -0.2) is 0 Å². The third kappa shape index (κ3) is 10.7. The fourth-order valence-corrected chi connectivity index (χ4v) is 3.11. The second-order valence-electron chi connectivity index (χ2n) is 4.20. The molecule has 0 aliphatic heterocycles. The molecule has 0 nitrogen and oxygen atoms in total. The van der Waals surface area contributed by atoms with Gasteiger partial charge in [-0.1, -0.05) is 56.2 Å². The molecule has 0 aromatic heterocycles. The van der Waals surface area contributed by atoms with Gasteiger partial charge < -0.3 is 0 Å². The zero-order chi connectivity index (χ0) is 8.91. The summed E-state index contributed by atoms with van der Waals surface area (Å²) < 4.78 is 0.418. The Balaban J connectivity index is 3.15. The first kappa shape index (κ1) is 11.7. The van der Waals surface area contributed by atoms with Crippen molar-refractivity contribution in [2.75, 3.05) is 5.75 Å². The van der Waals surface area contributed by atoms with Crippen LogP contribution in [0.25, 0.3) is 0 Å². The van der Waals surface area contributed by atoms with E-state index in [0.29, 0.717) is 4.75 Å². The summed E-state index contributed by atoms with van der Waals surface area (Å²) >= 11 is 0. The van der Waals surface area contributed by atoms with Crippen molar-refractivity contribution in [3.63, 3.8) is 0 Å². The molecule has 0 radical (unpaired) electrons. The first-order valence-electron chi connectivity index (χ1n) is 4.22. The molecular formula is C9H20S2.